The van der Waals surface area contributed by atoms with Gasteiger partial charge in [-0.1, -0.05) is 18.2 Å². The Hall–Kier alpha value is -1.68. The number of aromatic hydroxyl groups is 3. The number of phenols is 3. The van der Waals surface area contributed by atoms with Gasteiger partial charge in [0.1, 0.15) is 21.7 Å². The second-order valence-electron chi connectivity index (χ2n) is 4.07. The lowest BCUT2D eigenvalue weighted by Crippen LogP contribution is -1.92. The normalized spacial score (nSPS) is 10.5. The summed E-state index contributed by atoms with van der Waals surface area (Å²) in [4.78, 5) is 0. The maximum absolute atomic E-state index is 9.85. The van der Waals surface area contributed by atoms with Crippen LogP contribution >= 0.6 is 15.9 Å². The van der Waals surface area contributed by atoms with Crippen LogP contribution in [0.4, 0.5) is 0 Å². The molecule has 3 N–H and O–H groups in total. The highest BCUT2D eigenvalue weighted by Gasteiger charge is 2.09. The lowest BCUT2D eigenvalue weighted by Gasteiger charge is -2.08. The Labute approximate surface area is 113 Å². The number of phenolic OH excluding ortho intramolecular Hbond substituents is 3. The summed E-state index contributed by atoms with van der Waals surface area (Å²) in [6.45, 7) is 0. The smallest absolute Gasteiger partial charge is 0.136 e. The number of benzene rings is 2. The predicted molar refractivity (Wildman–Crippen MR) is 73.0 cm³/mol. The second-order valence-corrected chi connectivity index (χ2v) is 4.87. The van der Waals surface area contributed by atoms with Crippen LogP contribution in [0, 0.1) is 0 Å². The zero-order valence-corrected chi connectivity index (χ0v) is 11.2. The topological polar surface area (TPSA) is 60.7 Å². The number of hydrogen-bond donors (Lipinski definition) is 3. The molecule has 2 aromatic rings. The van der Waals surface area contributed by atoms with E-state index in [-0.39, 0.29) is 17.2 Å². The quantitative estimate of drug-likeness (QED) is 0.815. The molecular formula is C14H13BrO3. The van der Waals surface area contributed by atoms with E-state index in [1.165, 1.54) is 0 Å². The molecule has 0 fully saturated rings. The van der Waals surface area contributed by atoms with Crippen LogP contribution in [-0.2, 0) is 12.8 Å². The van der Waals surface area contributed by atoms with Crippen LogP contribution < -0.4 is 0 Å². The largest absolute Gasteiger partial charge is 0.508 e. The van der Waals surface area contributed by atoms with Crippen molar-refractivity contribution in [1.82, 2.24) is 0 Å². The van der Waals surface area contributed by atoms with E-state index in [0.29, 0.717) is 10.9 Å². The summed E-state index contributed by atoms with van der Waals surface area (Å²) in [6.07, 6.45) is 1.42. The molecule has 0 saturated carbocycles. The van der Waals surface area contributed by atoms with Crippen molar-refractivity contribution in [2.75, 3.05) is 0 Å². The van der Waals surface area contributed by atoms with Gasteiger partial charge in [-0.25, -0.2) is 0 Å². The van der Waals surface area contributed by atoms with Crippen molar-refractivity contribution in [2.24, 2.45) is 0 Å². The van der Waals surface area contributed by atoms with Crippen molar-refractivity contribution in [3.05, 3.63) is 52.0 Å². The average molecular weight is 309 g/mol. The van der Waals surface area contributed by atoms with E-state index < -0.39 is 0 Å². The summed E-state index contributed by atoms with van der Waals surface area (Å²) < 4.78 is 0.325. The van der Waals surface area contributed by atoms with Gasteiger partial charge in [0.25, 0.3) is 0 Å². The van der Waals surface area contributed by atoms with Crippen LogP contribution in [0.5, 0.6) is 17.2 Å². The Morgan fingerprint density at radius 1 is 0.833 bits per heavy atom. The summed E-state index contributed by atoms with van der Waals surface area (Å²) in [5.41, 5.74) is 1.85. The third-order valence-electron chi connectivity index (χ3n) is 2.80. The Morgan fingerprint density at radius 3 is 2.17 bits per heavy atom. The van der Waals surface area contributed by atoms with Crippen LogP contribution in [0.1, 0.15) is 11.1 Å². The molecule has 0 aliphatic carbocycles. The molecule has 0 atom stereocenters. The monoisotopic (exact) mass is 308 g/mol. The van der Waals surface area contributed by atoms with Crippen LogP contribution in [0.2, 0.25) is 0 Å². The Balaban J connectivity index is 2.11. The molecule has 0 heterocycles. The second kappa shape index (κ2) is 5.31. The Morgan fingerprint density at radius 2 is 1.50 bits per heavy atom. The fourth-order valence-electron chi connectivity index (χ4n) is 1.74. The summed E-state index contributed by atoms with van der Waals surface area (Å²) >= 11 is 3.13. The van der Waals surface area contributed by atoms with Crippen molar-refractivity contribution in [1.29, 1.82) is 0 Å². The van der Waals surface area contributed by atoms with Gasteiger partial charge in [0.2, 0.25) is 0 Å². The van der Waals surface area contributed by atoms with Gasteiger partial charge in [0.05, 0.1) is 0 Å². The standard InChI is InChI=1S/C14H13BrO3/c15-13-12(17)8-5-10(14(13)18)4-1-9-2-6-11(16)7-3-9/h2-3,5-8,16-18H,1,4H2. The van der Waals surface area contributed by atoms with Crippen molar-refractivity contribution < 1.29 is 15.3 Å². The van der Waals surface area contributed by atoms with E-state index in [2.05, 4.69) is 15.9 Å². The predicted octanol–water partition coefficient (Wildman–Crippen LogP) is 3.35. The molecule has 0 amide bonds. The molecule has 0 radical (unpaired) electrons. The first kappa shape index (κ1) is 12.8. The molecule has 2 rings (SSSR count). The number of rotatable bonds is 3. The highest BCUT2D eigenvalue weighted by molar-refractivity contribution is 9.10. The number of aryl methyl sites for hydroxylation is 2. The lowest BCUT2D eigenvalue weighted by molar-refractivity contribution is 0.439. The van der Waals surface area contributed by atoms with Crippen molar-refractivity contribution in [3.8, 4) is 17.2 Å². The first-order valence-corrected chi connectivity index (χ1v) is 6.34. The van der Waals surface area contributed by atoms with Crippen molar-refractivity contribution in [3.63, 3.8) is 0 Å². The van der Waals surface area contributed by atoms with Gasteiger partial charge in [-0.3, -0.25) is 0 Å². The van der Waals surface area contributed by atoms with Gasteiger partial charge >= 0.3 is 0 Å². The molecule has 0 unspecified atom stereocenters. The lowest BCUT2D eigenvalue weighted by atomic mass is 10.0. The fourth-order valence-corrected chi connectivity index (χ4v) is 2.12. The maximum atomic E-state index is 9.85. The highest BCUT2D eigenvalue weighted by atomic mass is 79.9. The summed E-state index contributed by atoms with van der Waals surface area (Å²) in [5, 5.41) is 28.4. The SMILES string of the molecule is Oc1ccc(CCc2ccc(O)c(Br)c2O)cc1. The summed E-state index contributed by atoms with van der Waals surface area (Å²) in [7, 11) is 0. The van der Waals surface area contributed by atoms with E-state index in [4.69, 9.17) is 0 Å². The van der Waals surface area contributed by atoms with Crippen LogP contribution in [-0.4, -0.2) is 15.3 Å². The summed E-state index contributed by atoms with van der Waals surface area (Å²) in [5.74, 6) is 0.351. The van der Waals surface area contributed by atoms with E-state index in [1.807, 2.05) is 12.1 Å². The first-order valence-electron chi connectivity index (χ1n) is 5.55. The highest BCUT2D eigenvalue weighted by Crippen LogP contribution is 2.36. The summed E-state index contributed by atoms with van der Waals surface area (Å²) in [6, 6.07) is 10.2. The fraction of sp³-hybridized carbons (Fsp3) is 0.143. The third kappa shape index (κ3) is 2.76. The van der Waals surface area contributed by atoms with E-state index in [1.54, 1.807) is 24.3 Å². The van der Waals surface area contributed by atoms with Crippen LogP contribution in [0.25, 0.3) is 0 Å². The van der Waals surface area contributed by atoms with E-state index in [0.717, 1.165) is 17.5 Å². The number of hydrogen-bond acceptors (Lipinski definition) is 3. The molecule has 0 spiro atoms. The maximum Gasteiger partial charge on any atom is 0.136 e. The molecule has 0 aliphatic rings. The van der Waals surface area contributed by atoms with Gasteiger partial charge in [-0.15, -0.1) is 0 Å². The molecule has 2 aromatic carbocycles. The molecule has 0 aromatic heterocycles. The van der Waals surface area contributed by atoms with Crippen molar-refractivity contribution >= 4 is 15.9 Å². The zero-order valence-electron chi connectivity index (χ0n) is 9.60. The molecule has 4 heteroatoms. The van der Waals surface area contributed by atoms with Crippen LogP contribution in [0.15, 0.2) is 40.9 Å². The van der Waals surface area contributed by atoms with Crippen molar-refractivity contribution in [2.45, 2.75) is 12.8 Å². The molecule has 3 nitrogen and oxygen atoms in total. The minimum atomic E-state index is 0.0286. The van der Waals surface area contributed by atoms with Gasteiger partial charge in [-0.05, 0) is 58.1 Å². The Bertz CT molecular complexity index is 550. The molecule has 0 aliphatic heterocycles. The van der Waals surface area contributed by atoms with Gasteiger partial charge in [0, 0.05) is 0 Å². The minimum absolute atomic E-state index is 0.0286. The van der Waals surface area contributed by atoms with Gasteiger partial charge < -0.3 is 15.3 Å². The van der Waals surface area contributed by atoms with E-state index in [9.17, 15) is 15.3 Å². The number of halogens is 1. The zero-order chi connectivity index (χ0) is 13.1. The average Bonchev–Trinajstić information content (AvgIpc) is 2.37. The van der Waals surface area contributed by atoms with Crippen LogP contribution in [0.3, 0.4) is 0 Å². The molecule has 0 saturated heterocycles. The molecule has 94 valence electrons. The first-order chi connectivity index (χ1) is 8.58. The molecule has 0 bridgehead atoms. The Kier molecular flexibility index (Phi) is 3.77. The minimum Gasteiger partial charge on any atom is -0.508 e. The molecule has 18 heavy (non-hydrogen) atoms. The molecular weight excluding hydrogens is 296 g/mol. The van der Waals surface area contributed by atoms with Gasteiger partial charge in [-0.2, -0.15) is 0 Å². The van der Waals surface area contributed by atoms with E-state index >= 15 is 0 Å². The van der Waals surface area contributed by atoms with Gasteiger partial charge in [0.15, 0.2) is 0 Å². The third-order valence-corrected chi connectivity index (χ3v) is 3.58.